The number of phosphoric acid groups is 1. The Hall–Kier alpha value is -0.630. The van der Waals surface area contributed by atoms with Crippen molar-refractivity contribution in [1.29, 1.82) is 0 Å². The van der Waals surface area contributed by atoms with Crippen LogP contribution < -0.4 is 0 Å². The number of rotatable bonds is 22. The molecule has 8 nitrogen and oxygen atoms in total. The molecule has 196 valence electrons. The zero-order chi connectivity index (χ0) is 25.3. The van der Waals surface area contributed by atoms with Crippen molar-refractivity contribution in [3.05, 3.63) is 0 Å². The van der Waals surface area contributed by atoms with E-state index < -0.39 is 38.0 Å². The van der Waals surface area contributed by atoms with Gasteiger partial charge in [0.25, 0.3) is 0 Å². The summed E-state index contributed by atoms with van der Waals surface area (Å²) in [6.07, 6.45) is 6.33. The predicted octanol–water partition coefficient (Wildman–Crippen LogP) is 5.09. The summed E-state index contributed by atoms with van der Waals surface area (Å²) in [6, 6.07) is 0. The van der Waals surface area contributed by atoms with Crippen LogP contribution in [0, 0.1) is 17.8 Å². The molecule has 4 unspecified atom stereocenters. The van der Waals surface area contributed by atoms with Crippen molar-refractivity contribution in [2.24, 2.45) is 17.8 Å². The third-order valence-electron chi connectivity index (χ3n) is 6.04. The lowest BCUT2D eigenvalue weighted by Crippen LogP contribution is -2.36. The lowest BCUT2D eigenvalue weighted by atomic mass is 9.97. The van der Waals surface area contributed by atoms with Crippen molar-refractivity contribution < 1.29 is 37.9 Å². The second-order valence-corrected chi connectivity index (χ2v) is 10.4. The van der Waals surface area contributed by atoms with Crippen LogP contribution in [0.1, 0.15) is 92.4 Å². The number of ketones is 2. The van der Waals surface area contributed by atoms with Crippen molar-refractivity contribution in [2.45, 2.75) is 98.5 Å². The van der Waals surface area contributed by atoms with Gasteiger partial charge in [0.2, 0.25) is 11.6 Å². The minimum Gasteiger partial charge on any atom is -0.393 e. The summed E-state index contributed by atoms with van der Waals surface area (Å²) in [5, 5.41) is 18.4. The Morgan fingerprint density at radius 2 is 1.21 bits per heavy atom. The summed E-state index contributed by atoms with van der Waals surface area (Å²) >= 11 is 0. The lowest BCUT2D eigenvalue weighted by molar-refractivity contribution is -0.145. The summed E-state index contributed by atoms with van der Waals surface area (Å²) in [5.74, 6) is -2.42. The molecule has 0 aromatic heterocycles. The van der Waals surface area contributed by atoms with E-state index in [1.807, 2.05) is 0 Å². The standard InChI is InChI=1S/C24H47O8P/c1-6-11-13-19(8-3)16-30-33(29,31-17-20(9-4)14-12-7-2)32-18-21(10-5)23(27)24(28)22(26)15-25/h19-22,25-26H,6-18H2,1-5H3. The van der Waals surface area contributed by atoms with Crippen LogP contribution in [0.15, 0.2) is 0 Å². The Morgan fingerprint density at radius 1 is 0.758 bits per heavy atom. The molecule has 4 atom stereocenters. The summed E-state index contributed by atoms with van der Waals surface area (Å²) in [7, 11) is -3.96. The summed E-state index contributed by atoms with van der Waals surface area (Å²) in [5.41, 5.74) is 0. The monoisotopic (exact) mass is 494 g/mol. The molecule has 0 aliphatic rings. The summed E-state index contributed by atoms with van der Waals surface area (Å²) in [6.45, 7) is 9.32. The third-order valence-corrected chi connectivity index (χ3v) is 7.44. The van der Waals surface area contributed by atoms with Crippen molar-refractivity contribution in [3.8, 4) is 0 Å². The molecule has 0 saturated heterocycles. The first-order chi connectivity index (χ1) is 15.7. The largest absolute Gasteiger partial charge is 0.474 e. The fourth-order valence-corrected chi connectivity index (χ4v) is 4.68. The number of unbranched alkanes of at least 4 members (excludes halogenated alkanes) is 2. The van der Waals surface area contributed by atoms with Crippen LogP contribution in [-0.4, -0.2) is 54.3 Å². The maximum absolute atomic E-state index is 13.5. The van der Waals surface area contributed by atoms with E-state index in [0.29, 0.717) is 0 Å². The van der Waals surface area contributed by atoms with Gasteiger partial charge in [-0.15, -0.1) is 0 Å². The number of phosphoric ester groups is 1. The fraction of sp³-hybridized carbons (Fsp3) is 0.917. The molecular formula is C24H47O8P. The van der Waals surface area contributed by atoms with Gasteiger partial charge < -0.3 is 10.2 Å². The topological polar surface area (TPSA) is 119 Å². The molecule has 0 fully saturated rings. The number of carbonyl (C=O) groups excluding carboxylic acids is 2. The average molecular weight is 495 g/mol. The Labute approximate surface area is 200 Å². The molecule has 0 aromatic rings. The van der Waals surface area contributed by atoms with Gasteiger partial charge in [0.1, 0.15) is 6.10 Å². The van der Waals surface area contributed by atoms with Gasteiger partial charge in [0.05, 0.1) is 26.4 Å². The van der Waals surface area contributed by atoms with Crippen molar-refractivity contribution in [1.82, 2.24) is 0 Å². The predicted molar refractivity (Wildman–Crippen MR) is 129 cm³/mol. The van der Waals surface area contributed by atoms with Crippen LogP contribution in [0.3, 0.4) is 0 Å². The highest BCUT2D eigenvalue weighted by molar-refractivity contribution is 7.48. The van der Waals surface area contributed by atoms with Crippen LogP contribution in [0.4, 0.5) is 0 Å². The number of aliphatic hydroxyl groups is 2. The molecule has 33 heavy (non-hydrogen) atoms. The first-order valence-corrected chi connectivity index (χ1v) is 14.1. The van der Waals surface area contributed by atoms with Crippen molar-refractivity contribution in [3.63, 3.8) is 0 Å². The second kappa shape index (κ2) is 18.7. The van der Waals surface area contributed by atoms with Crippen LogP contribution >= 0.6 is 7.82 Å². The van der Waals surface area contributed by atoms with Gasteiger partial charge in [-0.05, 0) is 31.1 Å². The Balaban J connectivity index is 5.30. The lowest BCUT2D eigenvalue weighted by Gasteiger charge is -2.24. The molecule has 0 amide bonds. The Kier molecular flexibility index (Phi) is 18.3. The minimum atomic E-state index is -3.96. The molecule has 0 rings (SSSR count). The SMILES string of the molecule is CCCCC(CC)COP(=O)(OCC(CC)CCCC)OCC(CC)C(=O)C(=O)C(O)CO. The molecule has 0 saturated carbocycles. The van der Waals surface area contributed by atoms with Gasteiger partial charge >= 0.3 is 7.82 Å². The molecule has 0 spiro atoms. The number of hydrogen-bond donors (Lipinski definition) is 2. The third kappa shape index (κ3) is 13.1. The zero-order valence-corrected chi connectivity index (χ0v) is 22.2. The van der Waals surface area contributed by atoms with Crippen molar-refractivity contribution >= 4 is 19.4 Å². The number of aliphatic hydroxyl groups excluding tert-OH is 2. The van der Waals surface area contributed by atoms with Gasteiger partial charge in [-0.2, -0.15) is 0 Å². The second-order valence-electron chi connectivity index (χ2n) is 8.70. The number of Topliss-reactive ketones (excluding diaryl/α,β-unsaturated/α-hetero) is 2. The van der Waals surface area contributed by atoms with E-state index in [9.17, 15) is 19.3 Å². The number of carbonyl (C=O) groups is 2. The van der Waals surface area contributed by atoms with Gasteiger partial charge in [-0.3, -0.25) is 23.2 Å². The smallest absolute Gasteiger partial charge is 0.393 e. The van der Waals surface area contributed by atoms with Crippen molar-refractivity contribution in [2.75, 3.05) is 26.4 Å². The van der Waals surface area contributed by atoms with Crippen LogP contribution in [0.25, 0.3) is 0 Å². The Bertz CT molecular complexity index is 559. The molecule has 0 radical (unpaired) electrons. The van der Waals surface area contributed by atoms with E-state index in [0.717, 1.165) is 51.4 Å². The normalized spacial score (nSPS) is 17.2. The first kappa shape index (κ1) is 32.4. The molecule has 0 aliphatic heterocycles. The van der Waals surface area contributed by atoms with Gasteiger partial charge in [-0.25, -0.2) is 4.57 Å². The van der Waals surface area contributed by atoms with Gasteiger partial charge in [-0.1, -0.05) is 73.1 Å². The molecule has 0 heterocycles. The molecule has 0 bridgehead atoms. The zero-order valence-electron chi connectivity index (χ0n) is 21.3. The molecule has 2 N–H and O–H groups in total. The van der Waals surface area contributed by atoms with Crippen LogP contribution in [0.5, 0.6) is 0 Å². The first-order valence-electron chi connectivity index (χ1n) is 12.6. The van der Waals surface area contributed by atoms with E-state index in [2.05, 4.69) is 27.7 Å². The molecular weight excluding hydrogens is 447 g/mol. The summed E-state index contributed by atoms with van der Waals surface area (Å²) < 4.78 is 30.4. The maximum atomic E-state index is 13.5. The fourth-order valence-electron chi connectivity index (χ4n) is 3.31. The maximum Gasteiger partial charge on any atom is 0.474 e. The molecule has 0 aliphatic carbocycles. The van der Waals surface area contributed by atoms with E-state index in [-0.39, 0.29) is 38.1 Å². The average Bonchev–Trinajstić information content (AvgIpc) is 2.83. The summed E-state index contributed by atoms with van der Waals surface area (Å²) in [4.78, 5) is 24.3. The van der Waals surface area contributed by atoms with Gasteiger partial charge in [0, 0.05) is 5.92 Å². The van der Waals surface area contributed by atoms with E-state index in [1.165, 1.54) is 0 Å². The van der Waals surface area contributed by atoms with E-state index in [4.69, 9.17) is 18.7 Å². The molecule has 0 aromatic carbocycles. The van der Waals surface area contributed by atoms with E-state index >= 15 is 0 Å². The minimum absolute atomic E-state index is 0.220. The quantitative estimate of drug-likeness (QED) is 0.158. The van der Waals surface area contributed by atoms with E-state index in [1.54, 1.807) is 6.92 Å². The Morgan fingerprint density at radius 3 is 1.58 bits per heavy atom. The molecule has 9 heteroatoms. The number of hydrogen-bond acceptors (Lipinski definition) is 8. The highest BCUT2D eigenvalue weighted by Gasteiger charge is 2.34. The highest BCUT2D eigenvalue weighted by Crippen LogP contribution is 2.51. The highest BCUT2D eigenvalue weighted by atomic mass is 31.2. The van der Waals surface area contributed by atoms with Crippen LogP contribution in [0.2, 0.25) is 0 Å². The van der Waals surface area contributed by atoms with Crippen LogP contribution in [-0.2, 0) is 27.7 Å². The van der Waals surface area contributed by atoms with Gasteiger partial charge in [0.15, 0.2) is 0 Å².